The number of aryl methyl sites for hydroxylation is 1. The van der Waals surface area contributed by atoms with Crippen molar-refractivity contribution in [3.05, 3.63) is 76.5 Å². The molecule has 0 bridgehead atoms. The molecule has 1 aliphatic carbocycles. The summed E-state index contributed by atoms with van der Waals surface area (Å²) in [5.41, 5.74) is 4.94. The smallest absolute Gasteiger partial charge is 0.181 e. The van der Waals surface area contributed by atoms with E-state index in [9.17, 15) is 10.0 Å². The van der Waals surface area contributed by atoms with E-state index >= 15 is 0 Å². The molecule has 1 aromatic carbocycles. The lowest BCUT2D eigenvalue weighted by atomic mass is 9.99. The van der Waals surface area contributed by atoms with Gasteiger partial charge in [-0.15, -0.1) is 0 Å². The van der Waals surface area contributed by atoms with E-state index in [1.165, 1.54) is 12.4 Å². The van der Waals surface area contributed by atoms with E-state index in [-0.39, 0.29) is 5.78 Å². The molecule has 0 atom stereocenters. The van der Waals surface area contributed by atoms with Gasteiger partial charge in [-0.05, 0) is 43.7 Å². The fourth-order valence-electron chi connectivity index (χ4n) is 2.32. The minimum absolute atomic E-state index is 0.00987. The quantitative estimate of drug-likeness (QED) is 0.863. The van der Waals surface area contributed by atoms with Gasteiger partial charge in [0.2, 0.25) is 0 Å². The summed E-state index contributed by atoms with van der Waals surface area (Å²) >= 11 is 0. The Morgan fingerprint density at radius 3 is 2.45 bits per heavy atom. The van der Waals surface area contributed by atoms with E-state index in [2.05, 4.69) is 4.99 Å². The lowest BCUT2D eigenvalue weighted by molar-refractivity contribution is -0.111. The first kappa shape index (κ1) is 14.2. The van der Waals surface area contributed by atoms with Gasteiger partial charge in [0.25, 0.3) is 0 Å². The Hall–Kier alpha value is -2.72. The first-order chi connectivity index (χ1) is 10.5. The molecule has 2 aliphatic rings. The van der Waals surface area contributed by atoms with Crippen LogP contribution in [0, 0.1) is 6.92 Å². The van der Waals surface area contributed by atoms with Crippen molar-refractivity contribution in [2.24, 2.45) is 4.99 Å². The molecule has 0 spiro atoms. The molecule has 0 amide bonds. The number of hydroxylamine groups is 2. The van der Waals surface area contributed by atoms with Crippen LogP contribution in [0.25, 0.3) is 5.70 Å². The van der Waals surface area contributed by atoms with Gasteiger partial charge in [-0.3, -0.25) is 10.0 Å². The van der Waals surface area contributed by atoms with Crippen molar-refractivity contribution in [2.75, 3.05) is 0 Å². The van der Waals surface area contributed by atoms with Crippen LogP contribution < -0.4 is 0 Å². The number of carbonyl (C=O) groups is 1. The van der Waals surface area contributed by atoms with Crippen molar-refractivity contribution >= 4 is 17.8 Å². The Labute approximate surface area is 129 Å². The highest BCUT2D eigenvalue weighted by Gasteiger charge is 2.16. The summed E-state index contributed by atoms with van der Waals surface area (Å²) in [6, 6.07) is 7.89. The van der Waals surface area contributed by atoms with Gasteiger partial charge in [-0.25, -0.2) is 10.1 Å². The molecule has 4 heteroatoms. The highest BCUT2D eigenvalue weighted by molar-refractivity contribution is 6.05. The SMILES string of the molecule is CC1=CC(=C2C=C(c3ccc(C)cc3)N(O)C=N2)C=CC1=O. The van der Waals surface area contributed by atoms with Crippen LogP contribution in [-0.2, 0) is 4.79 Å². The Bertz CT molecular complexity index is 778. The van der Waals surface area contributed by atoms with Gasteiger partial charge in [-0.1, -0.05) is 29.8 Å². The second-order valence-electron chi connectivity index (χ2n) is 5.35. The van der Waals surface area contributed by atoms with Crippen LogP contribution in [0.15, 0.2) is 70.4 Å². The third kappa shape index (κ3) is 2.69. The number of carbonyl (C=O) groups excluding carboxylic acids is 1. The molecule has 22 heavy (non-hydrogen) atoms. The predicted octanol–water partition coefficient (Wildman–Crippen LogP) is 3.41. The molecule has 4 nitrogen and oxygen atoms in total. The fourth-order valence-corrected chi connectivity index (χ4v) is 2.32. The predicted molar refractivity (Wildman–Crippen MR) is 86.2 cm³/mol. The molecule has 1 aliphatic heterocycles. The van der Waals surface area contributed by atoms with E-state index in [1.807, 2.05) is 43.3 Å². The second-order valence-corrected chi connectivity index (χ2v) is 5.35. The van der Waals surface area contributed by atoms with Crippen molar-refractivity contribution in [1.82, 2.24) is 5.06 Å². The van der Waals surface area contributed by atoms with Crippen molar-refractivity contribution < 1.29 is 10.0 Å². The van der Waals surface area contributed by atoms with Gasteiger partial charge in [0, 0.05) is 11.1 Å². The summed E-state index contributed by atoms with van der Waals surface area (Å²) in [5, 5.41) is 11.0. The lowest BCUT2D eigenvalue weighted by Crippen LogP contribution is -2.18. The van der Waals surface area contributed by atoms with Crippen LogP contribution in [0.4, 0.5) is 0 Å². The molecule has 110 valence electrons. The highest BCUT2D eigenvalue weighted by Crippen LogP contribution is 2.26. The van der Waals surface area contributed by atoms with E-state index < -0.39 is 0 Å². The molecular weight excluding hydrogens is 276 g/mol. The molecular formula is C18H16N2O2. The monoisotopic (exact) mass is 292 g/mol. The number of aliphatic imine (C=N–C) groups is 1. The van der Waals surface area contributed by atoms with Gasteiger partial charge >= 0.3 is 0 Å². The maximum absolute atomic E-state index is 11.5. The Kier molecular flexibility index (Phi) is 3.61. The third-order valence-corrected chi connectivity index (χ3v) is 3.64. The zero-order valence-electron chi connectivity index (χ0n) is 12.4. The van der Waals surface area contributed by atoms with Crippen LogP contribution in [0.2, 0.25) is 0 Å². The van der Waals surface area contributed by atoms with Crippen molar-refractivity contribution in [1.29, 1.82) is 0 Å². The Morgan fingerprint density at radius 1 is 1.05 bits per heavy atom. The molecule has 1 N–H and O–H groups in total. The number of ketones is 1. The minimum Gasteiger partial charge on any atom is -0.290 e. The zero-order valence-corrected chi connectivity index (χ0v) is 12.4. The zero-order chi connectivity index (χ0) is 15.7. The van der Waals surface area contributed by atoms with Crippen molar-refractivity contribution in [3.63, 3.8) is 0 Å². The highest BCUT2D eigenvalue weighted by atomic mass is 16.5. The maximum atomic E-state index is 11.5. The van der Waals surface area contributed by atoms with E-state index in [0.29, 0.717) is 17.0 Å². The van der Waals surface area contributed by atoms with Crippen molar-refractivity contribution in [2.45, 2.75) is 13.8 Å². The van der Waals surface area contributed by atoms with Crippen LogP contribution in [0.5, 0.6) is 0 Å². The Morgan fingerprint density at radius 2 is 1.77 bits per heavy atom. The lowest BCUT2D eigenvalue weighted by Gasteiger charge is -2.21. The van der Waals surface area contributed by atoms with E-state index in [0.717, 1.165) is 21.8 Å². The second kappa shape index (κ2) is 5.58. The molecule has 3 rings (SSSR count). The first-order valence-corrected chi connectivity index (χ1v) is 7.00. The van der Waals surface area contributed by atoms with Gasteiger partial charge in [0.15, 0.2) is 5.78 Å². The third-order valence-electron chi connectivity index (χ3n) is 3.64. The topological polar surface area (TPSA) is 52.9 Å². The average molecular weight is 292 g/mol. The van der Waals surface area contributed by atoms with Crippen LogP contribution >= 0.6 is 0 Å². The number of allylic oxidation sites excluding steroid dienone is 6. The largest absolute Gasteiger partial charge is 0.290 e. The summed E-state index contributed by atoms with van der Waals surface area (Å²) in [7, 11) is 0. The van der Waals surface area contributed by atoms with Gasteiger partial charge < -0.3 is 0 Å². The number of rotatable bonds is 1. The molecule has 1 aromatic rings. The average Bonchev–Trinajstić information content (AvgIpc) is 2.52. The summed E-state index contributed by atoms with van der Waals surface area (Å²) in [5.74, 6) is 0.00987. The van der Waals surface area contributed by atoms with Gasteiger partial charge in [0.05, 0.1) is 11.4 Å². The fraction of sp³-hybridized carbons (Fsp3) is 0.111. The molecule has 0 fully saturated rings. The summed E-state index contributed by atoms with van der Waals surface area (Å²) < 4.78 is 0. The van der Waals surface area contributed by atoms with Gasteiger partial charge in [-0.2, -0.15) is 0 Å². The van der Waals surface area contributed by atoms with Crippen molar-refractivity contribution in [3.8, 4) is 0 Å². The molecule has 0 saturated carbocycles. The standard InChI is InChI=1S/C18H16N2O2/c1-12-3-5-14(6-4-12)17-10-16(19-11-20(17)22)15-7-8-18(21)13(2)9-15/h3-11,22H,1-2H3. The van der Waals surface area contributed by atoms with E-state index in [1.54, 1.807) is 13.0 Å². The Balaban J connectivity index is 2.05. The first-order valence-electron chi connectivity index (χ1n) is 7.00. The summed E-state index contributed by atoms with van der Waals surface area (Å²) in [6.45, 7) is 3.80. The van der Waals surface area contributed by atoms with Crippen LogP contribution in [0.1, 0.15) is 18.1 Å². The van der Waals surface area contributed by atoms with E-state index in [4.69, 9.17) is 0 Å². The summed E-state index contributed by atoms with van der Waals surface area (Å²) in [4.78, 5) is 15.7. The summed E-state index contributed by atoms with van der Waals surface area (Å²) in [6.07, 6.45) is 8.27. The maximum Gasteiger partial charge on any atom is 0.181 e. The number of hydrogen-bond donors (Lipinski definition) is 1. The minimum atomic E-state index is 0.00987. The molecule has 1 heterocycles. The molecule has 0 saturated heterocycles. The number of nitrogens with zero attached hydrogens (tertiary/aromatic N) is 2. The molecule has 0 unspecified atom stereocenters. The van der Waals surface area contributed by atoms with Gasteiger partial charge in [0.1, 0.15) is 6.34 Å². The molecule has 0 aromatic heterocycles. The number of hydrogen-bond acceptors (Lipinski definition) is 4. The van der Waals surface area contributed by atoms with Crippen LogP contribution in [-0.4, -0.2) is 22.4 Å². The van der Waals surface area contributed by atoms with Crippen LogP contribution in [0.3, 0.4) is 0 Å². The normalized spacial score (nSPS) is 21.0. The number of benzene rings is 1. The molecule has 0 radical (unpaired) electrons.